The van der Waals surface area contributed by atoms with Gasteiger partial charge in [0.05, 0.1) is 18.1 Å². The molecule has 2 bridgehead atoms. The highest BCUT2D eigenvalue weighted by atomic mass is 16.8. The smallest absolute Gasteiger partial charge is 0.317 e. The maximum atomic E-state index is 12.8. The molecule has 2 aliphatic heterocycles. The summed E-state index contributed by atoms with van der Waals surface area (Å²) in [4.78, 5) is 12.8. The number of esters is 1. The van der Waals surface area contributed by atoms with Crippen molar-refractivity contribution in [1.82, 2.24) is 0 Å². The van der Waals surface area contributed by atoms with Crippen molar-refractivity contribution in [3.8, 4) is 0 Å². The van der Waals surface area contributed by atoms with Crippen LogP contribution < -0.4 is 0 Å². The Labute approximate surface area is 151 Å². The molecule has 0 amide bonds. The van der Waals surface area contributed by atoms with Gasteiger partial charge in [0.2, 0.25) is 0 Å². The highest BCUT2D eigenvalue weighted by Crippen LogP contribution is 2.79. The number of methoxy groups -OCH3 is 2. The van der Waals surface area contributed by atoms with Gasteiger partial charge in [0.1, 0.15) is 5.41 Å². The lowest BCUT2D eigenvalue weighted by Gasteiger charge is -2.68. The first kappa shape index (κ1) is 19.1. The second-order valence-electron chi connectivity index (χ2n) is 8.68. The van der Waals surface area contributed by atoms with E-state index in [2.05, 4.69) is 20.8 Å². The molecule has 2 saturated heterocycles. The molecule has 1 aliphatic carbocycles. The van der Waals surface area contributed by atoms with Crippen molar-refractivity contribution in [2.75, 3.05) is 14.2 Å². The van der Waals surface area contributed by atoms with Crippen molar-refractivity contribution in [2.45, 2.75) is 96.2 Å². The van der Waals surface area contributed by atoms with Gasteiger partial charge in [-0.3, -0.25) is 4.79 Å². The Morgan fingerprint density at radius 2 is 1.64 bits per heavy atom. The van der Waals surface area contributed by atoms with Crippen molar-refractivity contribution >= 4 is 5.97 Å². The molecule has 5 atom stereocenters. The molecule has 0 radical (unpaired) electrons. The number of hydrogen-bond acceptors (Lipinski definition) is 5. The highest BCUT2D eigenvalue weighted by Gasteiger charge is 2.90. The molecule has 0 aromatic heterocycles. The summed E-state index contributed by atoms with van der Waals surface area (Å²) in [5.74, 6) is -1.89. The average Bonchev–Trinajstić information content (AvgIpc) is 2.69. The van der Waals surface area contributed by atoms with Gasteiger partial charge in [-0.25, -0.2) is 0 Å². The number of unbranched alkanes of at least 4 members (excludes halogenated alkanes) is 2. The lowest BCUT2D eigenvalue weighted by Crippen LogP contribution is -2.81. The standard InChI is InChI=1S/C20H34O5/c1-7-9-11-18-13-16(3,15(21)22-5)20(23-6)17(4,14-18)19(24-18,25-20)12-10-8-2/h7-14H2,1-6H3/t16-,17+,18+,19+,20-/m0/s1. The first-order valence-corrected chi connectivity index (χ1v) is 9.78. The quantitative estimate of drug-likeness (QED) is 0.612. The minimum absolute atomic E-state index is 0.268. The van der Waals surface area contributed by atoms with Crippen LogP contribution in [0.4, 0.5) is 0 Å². The van der Waals surface area contributed by atoms with Crippen LogP contribution in [0.3, 0.4) is 0 Å². The first-order valence-electron chi connectivity index (χ1n) is 9.78. The van der Waals surface area contributed by atoms with Crippen LogP contribution in [0.1, 0.15) is 79.1 Å². The SMILES string of the molecule is CCCC[C@@]12C[C@]3(C)[C@](CCCC)(O1)O[C@@]3(OC)[C@](C)(C(=O)OC)C2. The van der Waals surface area contributed by atoms with Crippen LogP contribution in [0.15, 0.2) is 0 Å². The fraction of sp³-hybridized carbons (Fsp3) is 0.950. The Kier molecular flexibility index (Phi) is 4.54. The zero-order valence-electron chi connectivity index (χ0n) is 16.7. The van der Waals surface area contributed by atoms with E-state index in [1.807, 2.05) is 6.92 Å². The van der Waals surface area contributed by atoms with Gasteiger partial charge in [-0.15, -0.1) is 0 Å². The van der Waals surface area contributed by atoms with Crippen molar-refractivity contribution in [3.63, 3.8) is 0 Å². The fourth-order valence-electron chi connectivity index (χ4n) is 6.10. The first-order chi connectivity index (χ1) is 11.7. The molecule has 3 fully saturated rings. The van der Waals surface area contributed by atoms with Crippen LogP contribution in [0.25, 0.3) is 0 Å². The van der Waals surface area contributed by atoms with Crippen LogP contribution in [0.5, 0.6) is 0 Å². The van der Waals surface area contributed by atoms with E-state index >= 15 is 0 Å². The monoisotopic (exact) mass is 354 g/mol. The summed E-state index contributed by atoms with van der Waals surface area (Å²) < 4.78 is 24.4. The summed E-state index contributed by atoms with van der Waals surface area (Å²) in [6, 6.07) is 0. The van der Waals surface area contributed by atoms with Crippen molar-refractivity contribution in [3.05, 3.63) is 0 Å². The molecule has 2 heterocycles. The highest BCUT2D eigenvalue weighted by molar-refractivity contribution is 5.79. The number of carbonyl (C=O) groups excluding carboxylic acids is 1. The molecule has 0 N–H and O–H groups in total. The maximum Gasteiger partial charge on any atom is 0.317 e. The van der Waals surface area contributed by atoms with E-state index in [4.69, 9.17) is 18.9 Å². The van der Waals surface area contributed by atoms with E-state index in [0.29, 0.717) is 6.42 Å². The Hall–Kier alpha value is -0.650. The van der Waals surface area contributed by atoms with Crippen molar-refractivity contribution < 1.29 is 23.7 Å². The summed E-state index contributed by atoms with van der Waals surface area (Å²) in [7, 11) is 3.09. The molecule has 144 valence electrons. The van der Waals surface area contributed by atoms with E-state index < -0.39 is 17.0 Å². The molecular weight excluding hydrogens is 320 g/mol. The lowest BCUT2D eigenvalue weighted by molar-refractivity contribution is -0.523. The van der Waals surface area contributed by atoms with Gasteiger partial charge in [-0.05, 0) is 39.5 Å². The van der Waals surface area contributed by atoms with E-state index in [1.54, 1.807) is 7.11 Å². The third kappa shape index (κ3) is 2.09. The Bertz CT molecular complexity index is 550. The maximum absolute atomic E-state index is 12.8. The summed E-state index contributed by atoms with van der Waals surface area (Å²) in [5, 5.41) is 0. The second-order valence-corrected chi connectivity index (χ2v) is 8.68. The molecule has 3 aliphatic rings. The zero-order chi connectivity index (χ0) is 18.6. The molecule has 0 aromatic rings. The number of rotatable bonds is 8. The molecule has 0 unspecified atom stereocenters. The number of ether oxygens (including phenoxy) is 4. The molecule has 3 rings (SSSR count). The zero-order valence-corrected chi connectivity index (χ0v) is 16.7. The second kappa shape index (κ2) is 5.93. The van der Waals surface area contributed by atoms with Gasteiger partial charge in [0.25, 0.3) is 0 Å². The minimum atomic E-state index is -0.979. The summed E-state index contributed by atoms with van der Waals surface area (Å²) in [6.07, 6.45) is 7.56. The van der Waals surface area contributed by atoms with Crippen LogP contribution in [0.2, 0.25) is 0 Å². The van der Waals surface area contributed by atoms with Crippen LogP contribution in [-0.2, 0) is 23.7 Å². The van der Waals surface area contributed by atoms with Gasteiger partial charge in [0.15, 0.2) is 11.6 Å². The lowest BCUT2D eigenvalue weighted by atomic mass is 9.49. The van der Waals surface area contributed by atoms with E-state index in [0.717, 1.165) is 44.9 Å². The van der Waals surface area contributed by atoms with Crippen LogP contribution in [0, 0.1) is 10.8 Å². The normalized spacial score (nSPS) is 47.4. The summed E-state index contributed by atoms with van der Waals surface area (Å²) in [5.41, 5.74) is -1.55. The van der Waals surface area contributed by atoms with Gasteiger partial charge >= 0.3 is 5.97 Å². The predicted octanol–water partition coefficient (Wildman–Crippen LogP) is 4.18. The van der Waals surface area contributed by atoms with Gasteiger partial charge in [-0.2, -0.15) is 0 Å². The van der Waals surface area contributed by atoms with E-state index in [1.165, 1.54) is 7.11 Å². The number of carbonyl (C=O) groups is 1. The van der Waals surface area contributed by atoms with Crippen molar-refractivity contribution in [2.24, 2.45) is 10.8 Å². The molecule has 0 aromatic carbocycles. The minimum Gasteiger partial charge on any atom is -0.468 e. The molecular formula is C20H34O5. The van der Waals surface area contributed by atoms with E-state index in [-0.39, 0.29) is 17.0 Å². The van der Waals surface area contributed by atoms with Gasteiger partial charge in [0, 0.05) is 13.5 Å². The van der Waals surface area contributed by atoms with Gasteiger partial charge < -0.3 is 18.9 Å². The fourth-order valence-corrected chi connectivity index (χ4v) is 6.10. The third-order valence-corrected chi connectivity index (χ3v) is 7.10. The molecule has 1 saturated carbocycles. The molecule has 5 heteroatoms. The van der Waals surface area contributed by atoms with Crippen LogP contribution >= 0.6 is 0 Å². The summed E-state index contributed by atoms with van der Waals surface area (Å²) in [6.45, 7) is 8.48. The average molecular weight is 354 g/mol. The Morgan fingerprint density at radius 3 is 2.20 bits per heavy atom. The summed E-state index contributed by atoms with van der Waals surface area (Å²) >= 11 is 0. The van der Waals surface area contributed by atoms with Gasteiger partial charge in [-0.1, -0.05) is 33.1 Å². The van der Waals surface area contributed by atoms with Crippen LogP contribution in [-0.4, -0.2) is 37.4 Å². The Morgan fingerprint density at radius 1 is 1.00 bits per heavy atom. The molecule has 0 spiro atoms. The van der Waals surface area contributed by atoms with E-state index in [9.17, 15) is 4.79 Å². The largest absolute Gasteiger partial charge is 0.468 e. The van der Waals surface area contributed by atoms with Crippen molar-refractivity contribution in [1.29, 1.82) is 0 Å². The molecule has 25 heavy (non-hydrogen) atoms. The number of hydrogen-bond donors (Lipinski definition) is 0. The molecule has 5 nitrogen and oxygen atoms in total. The topological polar surface area (TPSA) is 54.0 Å². The predicted molar refractivity (Wildman–Crippen MR) is 93.9 cm³/mol. The Balaban J connectivity index is 2.07. The number of fused-ring (bicyclic) bond motifs is 1. The third-order valence-electron chi connectivity index (χ3n) is 7.10.